The van der Waals surface area contributed by atoms with Gasteiger partial charge in [-0.1, -0.05) is 39.2 Å². The van der Waals surface area contributed by atoms with Gasteiger partial charge in [0.15, 0.2) is 21.2 Å². The van der Waals surface area contributed by atoms with Gasteiger partial charge in [0.1, 0.15) is 0 Å². The summed E-state index contributed by atoms with van der Waals surface area (Å²) in [6, 6.07) is 2.84. The van der Waals surface area contributed by atoms with Crippen LogP contribution in [0.4, 0.5) is 0 Å². The molecule has 1 aromatic rings. The number of benzene rings is 1. The molecule has 186 valence electrons. The number of imide groups is 2. The number of hydrogen-bond acceptors (Lipinski definition) is 7. The Bertz CT molecular complexity index is 1240. The lowest BCUT2D eigenvalue weighted by molar-refractivity contribution is -0.173. The number of halogens is 4. The van der Waals surface area contributed by atoms with Crippen molar-refractivity contribution in [3.8, 4) is 11.5 Å². The molecule has 4 amide bonds. The number of hydrogen-bond donors (Lipinski definition) is 2. The van der Waals surface area contributed by atoms with Crippen LogP contribution in [0.15, 0.2) is 23.8 Å². The zero-order valence-corrected chi connectivity index (χ0v) is 21.9. The average Bonchev–Trinajstić information content (AvgIpc) is 3.13. The van der Waals surface area contributed by atoms with Crippen molar-refractivity contribution >= 4 is 74.4 Å². The maximum Gasteiger partial charge on any atom is 0.257 e. The minimum Gasteiger partial charge on any atom is -0.503 e. The highest BCUT2D eigenvalue weighted by Crippen LogP contribution is 2.65. The number of carbonyl (C=O) groups is 4. The SMILES string of the molecule is COc1cc([C@H]2C3=CC[C@@H]4C(=O)N(O)C(=O)[C@@H]4[C@@H]3C[C@@]3(Cl)C(=O)N(CBr)C(=O)[C@@]23Cl)cc(Cl)c1O. The van der Waals surface area contributed by atoms with Crippen molar-refractivity contribution in [3.05, 3.63) is 34.4 Å². The van der Waals surface area contributed by atoms with Crippen LogP contribution in [-0.4, -0.2) is 66.2 Å². The van der Waals surface area contributed by atoms with Crippen molar-refractivity contribution in [2.24, 2.45) is 17.8 Å². The number of allylic oxidation sites excluding steroid dienone is 2. The van der Waals surface area contributed by atoms with Crippen LogP contribution in [0.3, 0.4) is 0 Å². The highest BCUT2D eigenvalue weighted by molar-refractivity contribution is 9.09. The third-order valence-electron chi connectivity index (χ3n) is 7.60. The number of methoxy groups -OCH3 is 1. The molecule has 0 spiro atoms. The van der Waals surface area contributed by atoms with Gasteiger partial charge in [-0.25, -0.2) is 0 Å². The maximum atomic E-state index is 13.6. The highest BCUT2D eigenvalue weighted by atomic mass is 79.9. The molecule has 0 unspecified atom stereocenters. The van der Waals surface area contributed by atoms with Crippen LogP contribution in [0.25, 0.3) is 0 Å². The fraction of sp³-hybridized carbons (Fsp3) is 0.455. The molecule has 0 aromatic heterocycles. The van der Waals surface area contributed by atoms with Crippen molar-refractivity contribution in [1.82, 2.24) is 9.96 Å². The summed E-state index contributed by atoms with van der Waals surface area (Å²) < 4.78 is 5.23. The van der Waals surface area contributed by atoms with Gasteiger partial charge < -0.3 is 9.84 Å². The van der Waals surface area contributed by atoms with Gasteiger partial charge in [-0.15, -0.1) is 23.2 Å². The molecule has 13 heteroatoms. The van der Waals surface area contributed by atoms with E-state index in [1.54, 1.807) is 6.08 Å². The first-order valence-electron chi connectivity index (χ1n) is 10.6. The first-order valence-corrected chi connectivity index (χ1v) is 12.8. The van der Waals surface area contributed by atoms with E-state index >= 15 is 0 Å². The van der Waals surface area contributed by atoms with Crippen LogP contribution < -0.4 is 4.74 Å². The summed E-state index contributed by atoms with van der Waals surface area (Å²) in [6.07, 6.45) is 1.62. The maximum absolute atomic E-state index is 13.6. The molecule has 35 heavy (non-hydrogen) atoms. The van der Waals surface area contributed by atoms with Crippen molar-refractivity contribution in [1.29, 1.82) is 0 Å². The molecule has 2 aliphatic carbocycles. The lowest BCUT2D eigenvalue weighted by atomic mass is 9.56. The lowest BCUT2D eigenvalue weighted by Gasteiger charge is -2.50. The molecule has 9 nitrogen and oxygen atoms in total. The van der Waals surface area contributed by atoms with Crippen molar-refractivity contribution < 1.29 is 34.2 Å². The second-order valence-electron chi connectivity index (χ2n) is 9.03. The van der Waals surface area contributed by atoms with E-state index in [1.165, 1.54) is 19.2 Å². The molecule has 1 saturated carbocycles. The van der Waals surface area contributed by atoms with Crippen LogP contribution in [0.5, 0.6) is 11.5 Å². The molecule has 6 atom stereocenters. The van der Waals surface area contributed by atoms with Crippen LogP contribution in [-0.2, 0) is 19.2 Å². The number of carbonyl (C=O) groups excluding carboxylic acids is 4. The largest absolute Gasteiger partial charge is 0.503 e. The van der Waals surface area contributed by atoms with E-state index in [2.05, 4.69) is 15.9 Å². The molecule has 3 fully saturated rings. The number of fused-ring (bicyclic) bond motifs is 4. The van der Waals surface area contributed by atoms with E-state index in [-0.39, 0.29) is 39.9 Å². The van der Waals surface area contributed by atoms with E-state index in [0.717, 1.165) is 4.90 Å². The number of aromatic hydroxyl groups is 1. The Morgan fingerprint density at radius 1 is 1.14 bits per heavy atom. The van der Waals surface area contributed by atoms with Gasteiger partial charge in [0.05, 0.1) is 29.4 Å². The van der Waals surface area contributed by atoms with E-state index in [9.17, 15) is 29.5 Å². The van der Waals surface area contributed by atoms with Gasteiger partial charge in [0, 0.05) is 5.92 Å². The molecular formula is C22H18BrCl3N2O7. The average molecular weight is 609 g/mol. The fourth-order valence-electron chi connectivity index (χ4n) is 6.03. The van der Waals surface area contributed by atoms with E-state index in [4.69, 9.17) is 39.5 Å². The molecule has 0 bridgehead atoms. The summed E-state index contributed by atoms with van der Waals surface area (Å²) in [5, 5.41) is 20.3. The van der Waals surface area contributed by atoms with E-state index in [0.29, 0.717) is 11.1 Å². The van der Waals surface area contributed by atoms with Crippen LogP contribution >= 0.6 is 50.7 Å². The lowest BCUT2D eigenvalue weighted by Crippen LogP contribution is -2.60. The van der Waals surface area contributed by atoms with Gasteiger partial charge in [-0.3, -0.25) is 29.3 Å². The van der Waals surface area contributed by atoms with Gasteiger partial charge >= 0.3 is 0 Å². The zero-order valence-electron chi connectivity index (χ0n) is 18.0. The molecular weight excluding hydrogens is 591 g/mol. The third kappa shape index (κ3) is 2.97. The Morgan fingerprint density at radius 3 is 2.46 bits per heavy atom. The Morgan fingerprint density at radius 2 is 1.83 bits per heavy atom. The van der Waals surface area contributed by atoms with Crippen LogP contribution in [0, 0.1) is 17.8 Å². The minimum atomic E-state index is -2.01. The quantitative estimate of drug-likeness (QED) is 0.178. The molecule has 1 aromatic carbocycles. The monoisotopic (exact) mass is 606 g/mol. The molecule has 4 aliphatic rings. The highest BCUT2D eigenvalue weighted by Gasteiger charge is 2.76. The summed E-state index contributed by atoms with van der Waals surface area (Å²) in [7, 11) is 1.32. The summed E-state index contributed by atoms with van der Waals surface area (Å²) in [4.78, 5) is 49.4. The molecule has 2 N–H and O–H groups in total. The summed E-state index contributed by atoms with van der Waals surface area (Å²) in [5.74, 6) is -6.98. The van der Waals surface area contributed by atoms with Crippen molar-refractivity contribution in [3.63, 3.8) is 0 Å². The number of ether oxygens (including phenoxy) is 1. The number of nitrogens with zero attached hydrogens (tertiary/aromatic N) is 2. The Labute approximate surface area is 222 Å². The number of phenolic OH excluding ortho intramolecular Hbond substituents is 1. The van der Waals surface area contributed by atoms with Crippen molar-refractivity contribution in [2.45, 2.75) is 28.5 Å². The predicted octanol–water partition coefficient (Wildman–Crippen LogP) is 3.15. The number of alkyl halides is 3. The molecule has 2 saturated heterocycles. The number of hydroxylamine groups is 2. The topological polar surface area (TPSA) is 124 Å². The third-order valence-corrected chi connectivity index (χ3v) is 9.80. The van der Waals surface area contributed by atoms with Gasteiger partial charge in [-0.2, -0.15) is 5.06 Å². The van der Waals surface area contributed by atoms with Crippen molar-refractivity contribution in [2.75, 3.05) is 12.6 Å². The minimum absolute atomic E-state index is 0.00659. The predicted molar refractivity (Wildman–Crippen MR) is 127 cm³/mol. The smallest absolute Gasteiger partial charge is 0.257 e. The standard InChI is InChI=1S/C22H18BrCl3N2O7/c1-35-13-5-8(4-12(24)16(13)29)15-9-2-3-10-14(18(31)28(34)17(10)30)11(9)6-21(25)19(32)27(7-23)20(33)22(15,21)26/h2,4-5,10-11,14-15,29,34H,3,6-7H2,1H3/t10-,11+,14-,15-,21+,22-/m0/s1. The first-order chi connectivity index (χ1) is 16.4. The summed E-state index contributed by atoms with van der Waals surface area (Å²) in [6.45, 7) is 0. The van der Waals surface area contributed by atoms with Gasteiger partial charge in [0.25, 0.3) is 23.6 Å². The zero-order chi connectivity index (χ0) is 25.6. The Kier molecular flexibility index (Phi) is 5.73. The Balaban J connectivity index is 1.78. The normalized spacial score (nSPS) is 36.2. The molecule has 2 heterocycles. The molecule has 2 aliphatic heterocycles. The number of likely N-dealkylation sites (tertiary alicyclic amines) is 1. The van der Waals surface area contributed by atoms with Gasteiger partial charge in [-0.05, 0) is 36.5 Å². The van der Waals surface area contributed by atoms with Crippen LogP contribution in [0.2, 0.25) is 5.02 Å². The summed E-state index contributed by atoms with van der Waals surface area (Å²) in [5.41, 5.74) is 0.696. The number of rotatable bonds is 3. The van der Waals surface area contributed by atoms with Gasteiger partial charge in [0.2, 0.25) is 0 Å². The number of amides is 4. The van der Waals surface area contributed by atoms with E-state index < -0.39 is 57.0 Å². The summed E-state index contributed by atoms with van der Waals surface area (Å²) >= 11 is 23.5. The van der Waals surface area contributed by atoms with E-state index in [1.807, 2.05) is 0 Å². The molecule has 0 radical (unpaired) electrons. The fourth-order valence-corrected chi connectivity index (χ4v) is 7.67. The number of phenols is 1. The first kappa shape index (κ1) is 24.8. The molecule has 5 rings (SSSR count). The van der Waals surface area contributed by atoms with Crippen LogP contribution in [0.1, 0.15) is 24.3 Å². The Hall–Kier alpha value is -1.85. The second kappa shape index (κ2) is 8.08. The second-order valence-corrected chi connectivity index (χ2v) is 11.2.